The van der Waals surface area contributed by atoms with E-state index in [1.165, 1.54) is 11.1 Å². The Morgan fingerprint density at radius 3 is 2.73 bits per heavy atom. The average molecular weight is 375 g/mol. The van der Waals surface area contributed by atoms with Crippen LogP contribution in [-0.2, 0) is 11.2 Å². The van der Waals surface area contributed by atoms with Crippen molar-refractivity contribution in [1.82, 2.24) is 5.32 Å². The molecule has 3 N–H and O–H groups in total. The highest BCUT2D eigenvalue weighted by atomic mass is 35.5. The van der Waals surface area contributed by atoms with Crippen molar-refractivity contribution in [3.63, 3.8) is 0 Å². The fourth-order valence-corrected chi connectivity index (χ4v) is 3.41. The molecule has 4 nitrogen and oxygen atoms in total. The fraction of sp³-hybridized carbons (Fsp3) is 0.381. The second kappa shape index (κ2) is 8.00. The van der Waals surface area contributed by atoms with Gasteiger partial charge in [-0.3, -0.25) is 4.79 Å². The van der Waals surface area contributed by atoms with Crippen LogP contribution in [0.4, 0.5) is 5.69 Å². The van der Waals surface area contributed by atoms with Crippen LogP contribution in [0.3, 0.4) is 0 Å². The molecule has 1 aliphatic rings. The normalized spacial score (nSPS) is 17.4. The van der Waals surface area contributed by atoms with Crippen LogP contribution in [0.1, 0.15) is 49.4 Å². The van der Waals surface area contributed by atoms with Gasteiger partial charge in [0.1, 0.15) is 11.4 Å². The van der Waals surface area contributed by atoms with E-state index in [2.05, 4.69) is 24.4 Å². The van der Waals surface area contributed by atoms with Crippen molar-refractivity contribution in [2.75, 3.05) is 5.73 Å². The van der Waals surface area contributed by atoms with Gasteiger partial charge in [-0.2, -0.15) is 0 Å². The number of amides is 1. The molecule has 1 amide bonds. The molecule has 2 aromatic carbocycles. The number of carbonyl (C=O) groups excluding carboxylic acids is 1. The number of anilines is 1. The Bertz CT molecular complexity index is 789. The molecule has 1 unspecified atom stereocenters. The van der Waals surface area contributed by atoms with Crippen LogP contribution in [0.2, 0.25) is 0 Å². The number of fused-ring (bicyclic) bond motifs is 1. The largest absolute Gasteiger partial charge is 0.487 e. The summed E-state index contributed by atoms with van der Waals surface area (Å²) < 4.78 is 6.02. The second-order valence-electron chi connectivity index (χ2n) is 7.41. The summed E-state index contributed by atoms with van der Waals surface area (Å²) in [5.74, 6) is 0.856. The fourth-order valence-electron chi connectivity index (χ4n) is 3.41. The third-order valence-corrected chi connectivity index (χ3v) is 4.71. The van der Waals surface area contributed by atoms with Gasteiger partial charge in [-0.1, -0.05) is 24.3 Å². The van der Waals surface area contributed by atoms with Crippen LogP contribution in [0.15, 0.2) is 42.5 Å². The SMILES string of the molecule is Cc1ccccc1CCC(=O)NC1CC(C)(C)Oc2ccc(N)cc21.Cl. The van der Waals surface area contributed by atoms with Gasteiger partial charge in [-0.15, -0.1) is 12.4 Å². The molecule has 0 saturated carbocycles. The molecule has 0 aliphatic carbocycles. The van der Waals surface area contributed by atoms with E-state index in [0.717, 1.165) is 24.2 Å². The van der Waals surface area contributed by atoms with Crippen LogP contribution < -0.4 is 15.8 Å². The zero-order valence-electron chi connectivity index (χ0n) is 15.5. The Kier molecular flexibility index (Phi) is 6.19. The van der Waals surface area contributed by atoms with E-state index in [4.69, 9.17) is 10.5 Å². The highest BCUT2D eigenvalue weighted by molar-refractivity contribution is 5.85. The monoisotopic (exact) mass is 374 g/mol. The summed E-state index contributed by atoms with van der Waals surface area (Å²) in [6, 6.07) is 13.7. The van der Waals surface area contributed by atoms with Crippen molar-refractivity contribution in [3.05, 3.63) is 59.2 Å². The molecule has 1 aliphatic heterocycles. The van der Waals surface area contributed by atoms with Crippen LogP contribution >= 0.6 is 12.4 Å². The first-order valence-corrected chi connectivity index (χ1v) is 8.76. The van der Waals surface area contributed by atoms with Crippen LogP contribution in [0.5, 0.6) is 5.75 Å². The summed E-state index contributed by atoms with van der Waals surface area (Å²) in [6.07, 6.45) is 1.94. The van der Waals surface area contributed by atoms with Crippen molar-refractivity contribution >= 4 is 24.0 Å². The van der Waals surface area contributed by atoms with Gasteiger partial charge in [0.05, 0.1) is 6.04 Å². The number of carbonyl (C=O) groups is 1. The Balaban J connectivity index is 0.00000243. The number of ether oxygens (including phenoxy) is 1. The minimum atomic E-state index is -0.322. The number of aryl methyl sites for hydroxylation is 2. The van der Waals surface area contributed by atoms with Gasteiger partial charge in [0.25, 0.3) is 0 Å². The maximum Gasteiger partial charge on any atom is 0.220 e. The van der Waals surface area contributed by atoms with Gasteiger partial charge in [0.2, 0.25) is 5.91 Å². The average Bonchev–Trinajstić information content (AvgIpc) is 2.54. The van der Waals surface area contributed by atoms with E-state index in [1.807, 2.05) is 44.2 Å². The molecule has 1 atom stereocenters. The topological polar surface area (TPSA) is 64.3 Å². The lowest BCUT2D eigenvalue weighted by Crippen LogP contribution is -2.41. The number of nitrogens with two attached hydrogens (primary N) is 1. The number of nitrogen functional groups attached to an aromatic ring is 1. The van der Waals surface area contributed by atoms with Gasteiger partial charge >= 0.3 is 0 Å². The molecule has 0 bridgehead atoms. The van der Waals surface area contributed by atoms with Crippen molar-refractivity contribution in [2.24, 2.45) is 0 Å². The van der Waals surface area contributed by atoms with Crippen molar-refractivity contribution < 1.29 is 9.53 Å². The van der Waals surface area contributed by atoms with Gasteiger partial charge in [-0.25, -0.2) is 0 Å². The minimum absolute atomic E-state index is 0. The molecule has 0 radical (unpaired) electrons. The summed E-state index contributed by atoms with van der Waals surface area (Å²) in [7, 11) is 0. The Hall–Kier alpha value is -2.20. The summed E-state index contributed by atoms with van der Waals surface area (Å²) in [5.41, 5.74) is 9.69. The highest BCUT2D eigenvalue weighted by Gasteiger charge is 2.34. The summed E-state index contributed by atoms with van der Waals surface area (Å²) in [4.78, 5) is 12.5. The van der Waals surface area contributed by atoms with Crippen molar-refractivity contribution in [3.8, 4) is 5.75 Å². The van der Waals surface area contributed by atoms with E-state index < -0.39 is 0 Å². The maximum absolute atomic E-state index is 12.5. The third-order valence-electron chi connectivity index (χ3n) is 4.71. The van der Waals surface area contributed by atoms with Gasteiger partial charge < -0.3 is 15.8 Å². The number of hydrogen-bond acceptors (Lipinski definition) is 3. The molecular formula is C21H27ClN2O2. The molecule has 1 heterocycles. The van der Waals surface area contributed by atoms with E-state index in [9.17, 15) is 4.79 Å². The van der Waals surface area contributed by atoms with E-state index in [-0.39, 0.29) is 30.0 Å². The first-order chi connectivity index (χ1) is 11.8. The molecule has 140 valence electrons. The predicted molar refractivity (Wildman–Crippen MR) is 108 cm³/mol. The summed E-state index contributed by atoms with van der Waals surface area (Å²) in [6.45, 7) is 6.16. The van der Waals surface area contributed by atoms with Crippen LogP contribution in [0, 0.1) is 6.92 Å². The van der Waals surface area contributed by atoms with Crippen molar-refractivity contribution in [2.45, 2.75) is 51.7 Å². The molecule has 3 rings (SSSR count). The van der Waals surface area contributed by atoms with Gasteiger partial charge in [0.15, 0.2) is 0 Å². The molecule has 0 fully saturated rings. The van der Waals surface area contributed by atoms with Crippen LogP contribution in [0.25, 0.3) is 0 Å². The van der Waals surface area contributed by atoms with E-state index in [1.54, 1.807) is 0 Å². The Morgan fingerprint density at radius 2 is 2.00 bits per heavy atom. The minimum Gasteiger partial charge on any atom is -0.487 e. The molecule has 0 aromatic heterocycles. The third kappa shape index (κ3) is 4.70. The number of halogens is 1. The van der Waals surface area contributed by atoms with Crippen molar-refractivity contribution in [1.29, 1.82) is 0 Å². The summed E-state index contributed by atoms with van der Waals surface area (Å²) in [5, 5.41) is 3.17. The number of rotatable bonds is 4. The zero-order chi connectivity index (χ0) is 18.0. The summed E-state index contributed by atoms with van der Waals surface area (Å²) >= 11 is 0. The van der Waals surface area contributed by atoms with E-state index >= 15 is 0 Å². The first-order valence-electron chi connectivity index (χ1n) is 8.76. The smallest absolute Gasteiger partial charge is 0.220 e. The highest BCUT2D eigenvalue weighted by Crippen LogP contribution is 2.40. The number of benzene rings is 2. The molecule has 5 heteroatoms. The number of nitrogens with one attached hydrogen (secondary N) is 1. The lowest BCUT2D eigenvalue weighted by Gasteiger charge is -2.38. The lowest BCUT2D eigenvalue weighted by atomic mass is 9.89. The molecule has 0 spiro atoms. The standard InChI is InChI=1S/C21H26N2O2.ClH/c1-14-6-4-5-7-15(14)8-11-20(24)23-18-13-21(2,3)25-19-10-9-16(22)12-17(18)19;/h4-7,9-10,12,18H,8,11,13,22H2,1-3H3,(H,23,24);1H. The van der Waals surface area contributed by atoms with Crippen LogP contribution in [-0.4, -0.2) is 11.5 Å². The molecule has 26 heavy (non-hydrogen) atoms. The Morgan fingerprint density at radius 1 is 1.27 bits per heavy atom. The molecule has 2 aromatic rings. The van der Waals surface area contributed by atoms with Gasteiger partial charge in [-0.05, 0) is 56.5 Å². The maximum atomic E-state index is 12.5. The van der Waals surface area contributed by atoms with Gasteiger partial charge in [0, 0.05) is 24.1 Å². The van der Waals surface area contributed by atoms with E-state index in [0.29, 0.717) is 12.1 Å². The molecular weight excluding hydrogens is 348 g/mol. The number of hydrogen-bond donors (Lipinski definition) is 2. The lowest BCUT2D eigenvalue weighted by molar-refractivity contribution is -0.122. The molecule has 0 saturated heterocycles. The first kappa shape index (κ1) is 20.1. The predicted octanol–water partition coefficient (Wildman–Crippen LogP) is 4.35. The quantitative estimate of drug-likeness (QED) is 0.782. The Labute approximate surface area is 161 Å². The second-order valence-corrected chi connectivity index (χ2v) is 7.41. The zero-order valence-corrected chi connectivity index (χ0v) is 16.4.